The molecule has 4 N–H and O–H groups in total. The van der Waals surface area contributed by atoms with E-state index in [0.717, 1.165) is 23.7 Å². The lowest BCUT2D eigenvalue weighted by Gasteiger charge is -2.16. The lowest BCUT2D eigenvalue weighted by molar-refractivity contribution is 0.114. The molecule has 0 bridgehead atoms. The molecule has 5 heteroatoms. The maximum atomic E-state index is 9.95. The number of benzene rings is 1. The molecule has 5 nitrogen and oxygen atoms in total. The average Bonchev–Trinajstić information content (AvgIpc) is 2.50. The maximum absolute atomic E-state index is 9.95. The van der Waals surface area contributed by atoms with E-state index in [1.807, 2.05) is 31.2 Å². The largest absolute Gasteiger partial charge is 0.491 e. The summed E-state index contributed by atoms with van der Waals surface area (Å²) >= 11 is 0. The number of aliphatic hydroxyl groups is 1. The van der Waals surface area contributed by atoms with Crippen LogP contribution in [0.4, 0.5) is 0 Å². The predicted octanol–water partition coefficient (Wildman–Crippen LogP) is 2.85. The van der Waals surface area contributed by atoms with Crippen molar-refractivity contribution in [1.29, 1.82) is 0 Å². The van der Waals surface area contributed by atoms with Gasteiger partial charge in [-0.1, -0.05) is 38.8 Å². The molecule has 0 spiro atoms. The number of ether oxygens (including phenoxy) is 1. The Morgan fingerprint density at radius 2 is 2.04 bits per heavy atom. The Kier molecular flexibility index (Phi) is 9.23. The first-order valence-electron chi connectivity index (χ1n) is 8.80. The first kappa shape index (κ1) is 20.3. The van der Waals surface area contributed by atoms with Crippen LogP contribution in [-0.2, 0) is 0 Å². The van der Waals surface area contributed by atoms with Gasteiger partial charge in [-0.25, -0.2) is 0 Å². The second kappa shape index (κ2) is 10.9. The van der Waals surface area contributed by atoms with E-state index < -0.39 is 6.10 Å². The molecule has 1 aromatic rings. The van der Waals surface area contributed by atoms with Crippen LogP contribution >= 0.6 is 0 Å². The Balaban J connectivity index is 2.25. The summed E-state index contributed by atoms with van der Waals surface area (Å²) in [5, 5.41) is 13.1. The minimum atomic E-state index is -0.679. The van der Waals surface area contributed by atoms with Crippen LogP contribution in [0.5, 0.6) is 5.75 Å². The number of aliphatic hydroxyl groups excluding tert-OH is 1. The molecule has 0 aliphatic rings. The van der Waals surface area contributed by atoms with Gasteiger partial charge in [0.1, 0.15) is 18.5 Å². The molecule has 2 unspecified atom stereocenters. The molecule has 0 radical (unpaired) electrons. The third-order valence-corrected chi connectivity index (χ3v) is 3.72. The molecule has 0 fully saturated rings. The second-order valence-corrected chi connectivity index (χ2v) is 6.88. The van der Waals surface area contributed by atoms with Crippen LogP contribution in [-0.4, -0.2) is 36.4 Å². The topological polar surface area (TPSA) is 79.9 Å². The van der Waals surface area contributed by atoms with Crippen LogP contribution in [0, 0.1) is 12.8 Å². The lowest BCUT2D eigenvalue weighted by Crippen LogP contribution is -2.39. The summed E-state index contributed by atoms with van der Waals surface area (Å²) in [5.74, 6) is 1.86. The normalized spacial score (nSPS) is 14.5. The van der Waals surface area contributed by atoms with E-state index in [1.54, 1.807) is 0 Å². The fraction of sp³-hybridized carbons (Fsp3) is 0.632. The molecule has 1 rings (SSSR count). The Bertz CT molecular complexity index is 503. The van der Waals surface area contributed by atoms with Crippen LogP contribution in [0.15, 0.2) is 29.3 Å². The van der Waals surface area contributed by atoms with Crippen molar-refractivity contribution in [3.05, 3.63) is 29.8 Å². The van der Waals surface area contributed by atoms with Crippen LogP contribution < -0.4 is 15.8 Å². The van der Waals surface area contributed by atoms with Crippen LogP contribution in [0.25, 0.3) is 0 Å². The Labute approximate surface area is 146 Å². The van der Waals surface area contributed by atoms with E-state index in [4.69, 9.17) is 10.5 Å². The third-order valence-electron chi connectivity index (χ3n) is 3.72. The number of nitrogens with zero attached hydrogens (tertiary/aromatic N) is 1. The summed E-state index contributed by atoms with van der Waals surface area (Å²) in [4.78, 5) is 4.19. The number of aryl methyl sites for hydroxylation is 1. The van der Waals surface area contributed by atoms with Gasteiger partial charge in [-0.15, -0.1) is 0 Å². The first-order valence-corrected chi connectivity index (χ1v) is 8.80. The predicted molar refractivity (Wildman–Crippen MR) is 100 cm³/mol. The summed E-state index contributed by atoms with van der Waals surface area (Å²) in [6.07, 6.45) is 2.78. The molecule has 136 valence electrons. The number of hydrogen-bond donors (Lipinski definition) is 3. The standard InChI is InChI=1S/C19H33N3O2/c1-14(2)7-5-9-16(4)22-19(20)21-12-17(23)13-24-18-10-6-8-15(3)11-18/h6,8,10-11,14,16-17,23H,5,7,9,12-13H2,1-4H3,(H3,20,21,22). The van der Waals surface area contributed by atoms with Gasteiger partial charge in [0.25, 0.3) is 0 Å². The second-order valence-electron chi connectivity index (χ2n) is 6.88. The highest BCUT2D eigenvalue weighted by atomic mass is 16.5. The molecule has 0 saturated heterocycles. The Morgan fingerprint density at radius 3 is 2.71 bits per heavy atom. The van der Waals surface area contributed by atoms with Gasteiger partial charge in [-0.05, 0) is 43.9 Å². The molecule has 0 aliphatic carbocycles. The number of nitrogens with one attached hydrogen (secondary N) is 1. The maximum Gasteiger partial charge on any atom is 0.188 e. The summed E-state index contributed by atoms with van der Waals surface area (Å²) in [6, 6.07) is 8.02. The molecule has 0 aliphatic heterocycles. The molecular weight excluding hydrogens is 302 g/mol. The van der Waals surface area contributed by atoms with Crippen molar-refractivity contribution in [3.8, 4) is 5.75 Å². The minimum absolute atomic E-state index is 0.199. The first-order chi connectivity index (χ1) is 11.4. The zero-order valence-corrected chi connectivity index (χ0v) is 15.5. The molecule has 0 amide bonds. The minimum Gasteiger partial charge on any atom is -0.491 e. The SMILES string of the molecule is Cc1cccc(OCC(O)CN=C(N)NC(C)CCCC(C)C)c1. The highest BCUT2D eigenvalue weighted by Gasteiger charge is 2.07. The van der Waals surface area contributed by atoms with E-state index >= 15 is 0 Å². The Morgan fingerprint density at radius 1 is 1.29 bits per heavy atom. The van der Waals surface area contributed by atoms with Crippen molar-refractivity contribution < 1.29 is 9.84 Å². The van der Waals surface area contributed by atoms with Crippen LogP contribution in [0.1, 0.15) is 45.6 Å². The number of aliphatic imine (C=N–C) groups is 1. The average molecular weight is 335 g/mol. The monoisotopic (exact) mass is 335 g/mol. The summed E-state index contributed by atoms with van der Waals surface area (Å²) in [5.41, 5.74) is 6.99. The highest BCUT2D eigenvalue weighted by molar-refractivity contribution is 5.78. The molecule has 1 aromatic carbocycles. The highest BCUT2D eigenvalue weighted by Crippen LogP contribution is 2.12. The van der Waals surface area contributed by atoms with E-state index in [2.05, 4.69) is 31.1 Å². The lowest BCUT2D eigenvalue weighted by atomic mass is 10.0. The van der Waals surface area contributed by atoms with Crippen molar-refractivity contribution in [2.24, 2.45) is 16.6 Å². The zero-order chi connectivity index (χ0) is 17.9. The van der Waals surface area contributed by atoms with E-state index in [9.17, 15) is 5.11 Å². The zero-order valence-electron chi connectivity index (χ0n) is 15.5. The van der Waals surface area contributed by atoms with Crippen molar-refractivity contribution in [3.63, 3.8) is 0 Å². The van der Waals surface area contributed by atoms with Gasteiger partial charge in [-0.3, -0.25) is 4.99 Å². The van der Waals surface area contributed by atoms with Gasteiger partial charge in [-0.2, -0.15) is 0 Å². The molecule has 2 atom stereocenters. The van der Waals surface area contributed by atoms with Crippen molar-refractivity contribution in [1.82, 2.24) is 5.32 Å². The van der Waals surface area contributed by atoms with Crippen LogP contribution in [0.3, 0.4) is 0 Å². The Hall–Kier alpha value is -1.75. The quantitative estimate of drug-likeness (QED) is 0.454. The number of nitrogens with two attached hydrogens (primary N) is 1. The fourth-order valence-electron chi connectivity index (χ4n) is 2.36. The molecular formula is C19H33N3O2. The molecule has 0 heterocycles. The van der Waals surface area contributed by atoms with Gasteiger partial charge in [0.15, 0.2) is 5.96 Å². The van der Waals surface area contributed by atoms with Gasteiger partial charge in [0.05, 0.1) is 6.54 Å². The number of rotatable bonds is 10. The fourth-order valence-corrected chi connectivity index (χ4v) is 2.36. The number of hydrogen-bond acceptors (Lipinski definition) is 3. The third kappa shape index (κ3) is 9.40. The van der Waals surface area contributed by atoms with E-state index in [-0.39, 0.29) is 19.2 Å². The molecule has 0 aromatic heterocycles. The summed E-state index contributed by atoms with van der Waals surface area (Å²) in [6.45, 7) is 8.98. The summed E-state index contributed by atoms with van der Waals surface area (Å²) < 4.78 is 5.56. The summed E-state index contributed by atoms with van der Waals surface area (Å²) in [7, 11) is 0. The van der Waals surface area contributed by atoms with Crippen LogP contribution in [0.2, 0.25) is 0 Å². The van der Waals surface area contributed by atoms with E-state index in [1.165, 1.54) is 12.8 Å². The van der Waals surface area contributed by atoms with Crippen molar-refractivity contribution >= 4 is 5.96 Å². The van der Waals surface area contributed by atoms with Crippen molar-refractivity contribution in [2.75, 3.05) is 13.2 Å². The molecule has 0 saturated carbocycles. The smallest absolute Gasteiger partial charge is 0.188 e. The van der Waals surface area contributed by atoms with Crippen molar-refractivity contribution in [2.45, 2.75) is 59.1 Å². The van der Waals surface area contributed by atoms with Gasteiger partial charge >= 0.3 is 0 Å². The van der Waals surface area contributed by atoms with Gasteiger partial charge in [0, 0.05) is 6.04 Å². The van der Waals surface area contributed by atoms with Gasteiger partial charge in [0.2, 0.25) is 0 Å². The molecule has 24 heavy (non-hydrogen) atoms. The number of guanidine groups is 1. The van der Waals surface area contributed by atoms with E-state index in [0.29, 0.717) is 5.96 Å². The van der Waals surface area contributed by atoms with Gasteiger partial charge < -0.3 is 20.9 Å².